The second-order valence-corrected chi connectivity index (χ2v) is 7.59. The first-order chi connectivity index (χ1) is 15.6. The maximum Gasteiger partial charge on any atom is 0.349 e. The number of rotatable bonds is 8. The number of nitrogens with one attached hydrogen (secondary N) is 1. The van der Waals surface area contributed by atoms with E-state index in [2.05, 4.69) is 5.32 Å². The summed E-state index contributed by atoms with van der Waals surface area (Å²) in [7, 11) is 1.55. The third-order valence-electron chi connectivity index (χ3n) is 4.23. The lowest BCUT2D eigenvalue weighted by Crippen LogP contribution is -2.21. The van der Waals surface area contributed by atoms with Crippen LogP contribution in [-0.4, -0.2) is 25.6 Å². The average molecular weight is 445 g/mol. The zero-order valence-electron chi connectivity index (χ0n) is 17.3. The van der Waals surface area contributed by atoms with E-state index in [0.29, 0.717) is 17.0 Å². The predicted molar refractivity (Wildman–Crippen MR) is 123 cm³/mol. The molecule has 3 aromatic carbocycles. The van der Waals surface area contributed by atoms with Crippen molar-refractivity contribution in [2.24, 2.45) is 0 Å². The van der Waals surface area contributed by atoms with E-state index < -0.39 is 18.5 Å². The number of hydrogen-bond donors (Lipinski definition) is 1. The van der Waals surface area contributed by atoms with E-state index in [1.54, 1.807) is 37.4 Å². The van der Waals surface area contributed by atoms with E-state index in [4.69, 9.17) is 9.47 Å². The summed E-state index contributed by atoms with van der Waals surface area (Å²) in [5.74, 6) is -0.711. The van der Waals surface area contributed by atoms with E-state index in [-0.39, 0.29) is 5.57 Å². The highest BCUT2D eigenvalue weighted by Crippen LogP contribution is 2.33. The Kier molecular flexibility index (Phi) is 8.07. The highest BCUT2D eigenvalue weighted by molar-refractivity contribution is 7.99. The van der Waals surface area contributed by atoms with Crippen LogP contribution in [0.2, 0.25) is 0 Å². The number of ether oxygens (including phenoxy) is 2. The van der Waals surface area contributed by atoms with Gasteiger partial charge >= 0.3 is 5.97 Å². The van der Waals surface area contributed by atoms with Crippen LogP contribution < -0.4 is 10.1 Å². The van der Waals surface area contributed by atoms with Gasteiger partial charge < -0.3 is 14.8 Å². The zero-order chi connectivity index (χ0) is 22.8. The summed E-state index contributed by atoms with van der Waals surface area (Å²) in [5, 5.41) is 12.0. The van der Waals surface area contributed by atoms with E-state index >= 15 is 0 Å². The Morgan fingerprint density at radius 3 is 2.38 bits per heavy atom. The van der Waals surface area contributed by atoms with Gasteiger partial charge in [0.15, 0.2) is 6.61 Å². The molecule has 0 saturated heterocycles. The number of esters is 1. The number of para-hydroxylation sites is 1. The van der Waals surface area contributed by atoms with Gasteiger partial charge in [0, 0.05) is 9.79 Å². The fourth-order valence-electron chi connectivity index (χ4n) is 2.67. The Balaban J connectivity index is 1.60. The second-order valence-electron chi connectivity index (χ2n) is 6.48. The summed E-state index contributed by atoms with van der Waals surface area (Å²) >= 11 is 1.51. The summed E-state index contributed by atoms with van der Waals surface area (Å²) in [4.78, 5) is 26.5. The van der Waals surface area contributed by atoms with Crippen molar-refractivity contribution in [2.75, 3.05) is 19.0 Å². The Labute approximate surface area is 190 Å². The maximum absolute atomic E-state index is 12.3. The van der Waals surface area contributed by atoms with Gasteiger partial charge in [0.05, 0.1) is 12.8 Å². The van der Waals surface area contributed by atoms with Crippen LogP contribution in [0, 0.1) is 11.3 Å². The van der Waals surface area contributed by atoms with Gasteiger partial charge in [0.25, 0.3) is 5.91 Å². The smallest absolute Gasteiger partial charge is 0.349 e. The molecular formula is C25H20N2O4S. The number of nitrogens with zero attached hydrogens (tertiary/aromatic N) is 1. The molecule has 0 radical (unpaired) electrons. The molecule has 3 rings (SSSR count). The summed E-state index contributed by atoms with van der Waals surface area (Å²) in [6.07, 6.45) is 1.39. The van der Waals surface area contributed by atoms with Crippen LogP contribution in [-0.2, 0) is 14.3 Å². The molecule has 1 N–H and O–H groups in total. The normalized spacial score (nSPS) is 10.7. The van der Waals surface area contributed by atoms with Crippen molar-refractivity contribution in [1.29, 1.82) is 5.26 Å². The molecule has 1 amide bonds. The molecule has 6 nitrogen and oxygen atoms in total. The Hall–Kier alpha value is -4.02. The number of carbonyl (C=O) groups is 2. The van der Waals surface area contributed by atoms with Crippen LogP contribution >= 0.6 is 11.8 Å². The lowest BCUT2D eigenvalue weighted by Gasteiger charge is -2.11. The Morgan fingerprint density at radius 1 is 1.00 bits per heavy atom. The molecule has 0 aliphatic rings. The Morgan fingerprint density at radius 2 is 1.69 bits per heavy atom. The van der Waals surface area contributed by atoms with E-state index in [1.165, 1.54) is 17.8 Å². The molecule has 0 bridgehead atoms. The molecule has 0 aliphatic carbocycles. The summed E-state index contributed by atoms with van der Waals surface area (Å²) in [6, 6.07) is 25.8. The van der Waals surface area contributed by atoms with Crippen molar-refractivity contribution in [1.82, 2.24) is 0 Å². The molecule has 160 valence electrons. The third-order valence-corrected chi connectivity index (χ3v) is 5.32. The van der Waals surface area contributed by atoms with Gasteiger partial charge in [-0.1, -0.05) is 54.2 Å². The van der Waals surface area contributed by atoms with Crippen molar-refractivity contribution in [3.8, 4) is 11.8 Å². The molecule has 32 heavy (non-hydrogen) atoms. The van der Waals surface area contributed by atoms with Gasteiger partial charge in [0.1, 0.15) is 17.4 Å². The van der Waals surface area contributed by atoms with Crippen LogP contribution in [0.1, 0.15) is 5.56 Å². The highest BCUT2D eigenvalue weighted by Gasteiger charge is 2.14. The maximum atomic E-state index is 12.3. The number of amides is 1. The SMILES string of the molecule is COc1ccc(/C=C(\C#N)C(=O)OCC(=O)Nc2ccccc2Sc2ccccc2)cc1. The number of methoxy groups -OCH3 is 1. The van der Waals surface area contributed by atoms with Gasteiger partial charge in [-0.15, -0.1) is 0 Å². The first-order valence-corrected chi connectivity index (χ1v) is 10.5. The van der Waals surface area contributed by atoms with Gasteiger partial charge in [-0.05, 0) is 48.0 Å². The lowest BCUT2D eigenvalue weighted by atomic mass is 10.1. The standard InChI is InChI=1S/C25H20N2O4S/c1-30-20-13-11-18(12-14-20)15-19(16-26)25(29)31-17-24(28)27-22-9-5-6-10-23(22)32-21-7-3-2-4-8-21/h2-15H,17H2,1H3,(H,27,28)/b19-15+. The molecular weight excluding hydrogens is 424 g/mol. The van der Waals surface area contributed by atoms with Gasteiger partial charge in [-0.2, -0.15) is 5.26 Å². The first-order valence-electron chi connectivity index (χ1n) is 9.64. The van der Waals surface area contributed by atoms with Crippen molar-refractivity contribution in [3.63, 3.8) is 0 Å². The molecule has 3 aromatic rings. The quantitative estimate of drug-likeness (QED) is 0.301. The van der Waals surface area contributed by atoms with Crippen molar-refractivity contribution in [2.45, 2.75) is 9.79 Å². The van der Waals surface area contributed by atoms with Crippen LogP contribution in [0.15, 0.2) is 94.2 Å². The topological polar surface area (TPSA) is 88.4 Å². The number of benzene rings is 3. The minimum absolute atomic E-state index is 0.206. The molecule has 0 aromatic heterocycles. The molecule has 0 fully saturated rings. The van der Waals surface area contributed by atoms with Crippen LogP contribution in [0.5, 0.6) is 5.75 Å². The largest absolute Gasteiger partial charge is 0.497 e. The summed E-state index contributed by atoms with van der Waals surface area (Å²) in [5.41, 5.74) is 1.04. The minimum atomic E-state index is -0.870. The third kappa shape index (κ3) is 6.49. The fraction of sp³-hybridized carbons (Fsp3) is 0.0800. The van der Waals surface area contributed by atoms with Crippen molar-refractivity contribution < 1.29 is 19.1 Å². The van der Waals surface area contributed by atoms with Crippen molar-refractivity contribution >= 4 is 35.4 Å². The number of anilines is 1. The van der Waals surface area contributed by atoms with Crippen LogP contribution in [0.25, 0.3) is 6.08 Å². The van der Waals surface area contributed by atoms with Crippen LogP contribution in [0.4, 0.5) is 5.69 Å². The van der Waals surface area contributed by atoms with Gasteiger partial charge in [-0.3, -0.25) is 4.79 Å². The molecule has 0 aliphatic heterocycles. The summed E-state index contributed by atoms with van der Waals surface area (Å²) in [6.45, 7) is -0.509. The Bertz CT molecular complexity index is 1150. The number of carbonyl (C=O) groups excluding carboxylic acids is 2. The van der Waals surface area contributed by atoms with Gasteiger partial charge in [-0.25, -0.2) is 4.79 Å². The van der Waals surface area contributed by atoms with E-state index in [9.17, 15) is 14.9 Å². The molecule has 0 saturated carbocycles. The summed E-state index contributed by atoms with van der Waals surface area (Å²) < 4.78 is 10.1. The highest BCUT2D eigenvalue weighted by atomic mass is 32.2. The van der Waals surface area contributed by atoms with E-state index in [1.807, 2.05) is 54.6 Å². The molecule has 0 heterocycles. The van der Waals surface area contributed by atoms with E-state index in [0.717, 1.165) is 9.79 Å². The lowest BCUT2D eigenvalue weighted by molar-refractivity contribution is -0.142. The second kappa shape index (κ2) is 11.4. The molecule has 0 unspecified atom stereocenters. The van der Waals surface area contributed by atoms with Crippen molar-refractivity contribution in [3.05, 3.63) is 90.0 Å². The van der Waals surface area contributed by atoms with Crippen LogP contribution in [0.3, 0.4) is 0 Å². The zero-order valence-corrected chi connectivity index (χ0v) is 18.1. The molecule has 0 atom stereocenters. The first kappa shape index (κ1) is 22.7. The number of nitriles is 1. The van der Waals surface area contributed by atoms with Gasteiger partial charge in [0.2, 0.25) is 0 Å². The minimum Gasteiger partial charge on any atom is -0.497 e. The molecule has 0 spiro atoms. The number of hydrogen-bond acceptors (Lipinski definition) is 6. The molecule has 7 heteroatoms. The fourth-order valence-corrected chi connectivity index (χ4v) is 3.60. The predicted octanol–water partition coefficient (Wildman–Crippen LogP) is 4.94. The average Bonchev–Trinajstić information content (AvgIpc) is 2.83. The monoisotopic (exact) mass is 444 g/mol.